The summed E-state index contributed by atoms with van der Waals surface area (Å²) in [5.41, 5.74) is -0.799. The zero-order valence-electron chi connectivity index (χ0n) is 15.4. The molecule has 0 saturated carbocycles. The van der Waals surface area contributed by atoms with Crippen LogP contribution in [0.5, 0.6) is 0 Å². The highest BCUT2D eigenvalue weighted by Gasteiger charge is 2.38. The van der Waals surface area contributed by atoms with Gasteiger partial charge in [-0.25, -0.2) is 0 Å². The number of rotatable bonds is 6. The molecule has 32 heavy (non-hydrogen) atoms. The third kappa shape index (κ3) is 7.02. The molecule has 0 amide bonds. The van der Waals surface area contributed by atoms with Crippen LogP contribution in [0.25, 0.3) is 0 Å². The Hall–Kier alpha value is 0.0300. The average molecular weight is 628 g/mol. The molecule has 0 radical (unpaired) electrons. The van der Waals surface area contributed by atoms with Crippen LogP contribution in [-0.4, -0.2) is 30.6 Å². The third-order valence-electron chi connectivity index (χ3n) is 3.86. The van der Waals surface area contributed by atoms with Crippen LogP contribution < -0.4 is 0 Å². The van der Waals surface area contributed by atoms with Gasteiger partial charge in [-0.05, 0) is 5.41 Å². The molecule has 0 aliphatic carbocycles. The second-order valence-electron chi connectivity index (χ2n) is 6.84. The van der Waals surface area contributed by atoms with E-state index >= 15 is 0 Å². The van der Waals surface area contributed by atoms with Gasteiger partial charge in [-0.1, -0.05) is 111 Å². The first kappa shape index (κ1) is 26.6. The highest BCUT2D eigenvalue weighted by atomic mass is 35.6. The van der Waals surface area contributed by atoms with Crippen molar-refractivity contribution in [3.05, 3.63) is 35.3 Å². The van der Waals surface area contributed by atoms with Crippen molar-refractivity contribution in [1.29, 1.82) is 0 Å². The van der Waals surface area contributed by atoms with Gasteiger partial charge in [0.25, 0.3) is 29.0 Å². The van der Waals surface area contributed by atoms with Gasteiger partial charge in [0.15, 0.2) is 0 Å². The first-order valence-corrected chi connectivity index (χ1v) is 11.6. The lowest BCUT2D eigenvalue weighted by Gasteiger charge is -2.25. The minimum atomic E-state index is -1.89. The Balaban J connectivity index is 1.90. The molecule has 0 aliphatic rings. The monoisotopic (exact) mass is 624 g/mol. The van der Waals surface area contributed by atoms with E-state index in [2.05, 4.69) is 30.6 Å². The van der Waals surface area contributed by atoms with Crippen molar-refractivity contribution in [2.24, 2.45) is 5.41 Å². The summed E-state index contributed by atoms with van der Waals surface area (Å²) >= 11 is 52.1. The predicted octanol–water partition coefficient (Wildman–Crippen LogP) is 6.35. The highest BCUT2D eigenvalue weighted by molar-refractivity contribution is 6.67. The van der Waals surface area contributed by atoms with E-state index in [4.69, 9.17) is 118 Å². The molecular weight excluding hydrogens is 619 g/mol. The summed E-state index contributed by atoms with van der Waals surface area (Å²) in [5.74, 6) is -0.157. The summed E-state index contributed by atoms with van der Waals surface area (Å²) in [6, 6.07) is 0. The van der Waals surface area contributed by atoms with Gasteiger partial charge >= 0.3 is 0 Å². The summed E-state index contributed by atoms with van der Waals surface area (Å²) in [6.07, 6.45) is 0.410. The molecule has 0 spiro atoms. The number of halogens is 9. The minimum absolute atomic E-state index is 0.137. The van der Waals surface area contributed by atoms with E-state index in [0.29, 0.717) is 0 Å². The zero-order valence-corrected chi connectivity index (χ0v) is 22.2. The van der Waals surface area contributed by atoms with Crippen LogP contribution in [-0.2, 0) is 30.6 Å². The van der Waals surface area contributed by atoms with Crippen LogP contribution in [0.15, 0.2) is 13.3 Å². The van der Waals surface area contributed by atoms with E-state index in [9.17, 15) is 0 Å². The van der Waals surface area contributed by atoms with Crippen molar-refractivity contribution in [3.63, 3.8) is 0 Å². The Bertz CT molecular complexity index is 933. The zero-order chi connectivity index (χ0) is 23.9. The lowest BCUT2D eigenvalue weighted by Crippen LogP contribution is -2.26. The Labute approximate surface area is 225 Å². The van der Waals surface area contributed by atoms with Crippen LogP contribution >= 0.6 is 104 Å². The molecule has 0 atom stereocenters. The molecule has 18 heteroatoms. The van der Waals surface area contributed by atoms with E-state index in [1.54, 1.807) is 0 Å². The van der Waals surface area contributed by atoms with Crippen LogP contribution in [0.1, 0.15) is 42.3 Å². The van der Waals surface area contributed by atoms with Crippen LogP contribution in [0.2, 0.25) is 0 Å². The summed E-state index contributed by atoms with van der Waals surface area (Å²) in [7, 11) is 0. The van der Waals surface area contributed by atoms with E-state index in [0.717, 1.165) is 0 Å². The number of alkyl halides is 9. The van der Waals surface area contributed by atoms with Crippen molar-refractivity contribution in [1.82, 2.24) is 30.6 Å². The minimum Gasteiger partial charge on any atom is -0.421 e. The maximum Gasteiger partial charge on any atom is 0.268 e. The smallest absolute Gasteiger partial charge is 0.268 e. The average Bonchev–Trinajstić information content (AvgIpc) is 3.32. The first-order chi connectivity index (χ1) is 14.6. The summed E-state index contributed by atoms with van der Waals surface area (Å²) < 4.78 is 10.7. The summed E-state index contributed by atoms with van der Waals surface area (Å²) in [5, 5.41) is 22.9. The van der Waals surface area contributed by atoms with Crippen LogP contribution in [0.4, 0.5) is 0 Å². The molecule has 9 nitrogen and oxygen atoms in total. The quantitative estimate of drug-likeness (QED) is 0.288. The molecule has 0 unspecified atom stereocenters. The van der Waals surface area contributed by atoms with Crippen molar-refractivity contribution >= 4 is 104 Å². The van der Waals surface area contributed by atoms with E-state index < -0.39 is 16.8 Å². The highest BCUT2D eigenvalue weighted by Crippen LogP contribution is 2.41. The molecule has 176 valence electrons. The molecule has 0 aliphatic heterocycles. The van der Waals surface area contributed by atoms with E-state index in [1.165, 1.54) is 0 Å². The maximum absolute atomic E-state index is 5.79. The molecule has 0 fully saturated rings. The van der Waals surface area contributed by atoms with Crippen molar-refractivity contribution in [2.75, 3.05) is 0 Å². The van der Waals surface area contributed by atoms with Crippen LogP contribution in [0.3, 0.4) is 0 Å². The molecule has 0 saturated heterocycles. The topological polar surface area (TPSA) is 117 Å². The van der Waals surface area contributed by atoms with E-state index in [1.807, 2.05) is 6.92 Å². The van der Waals surface area contributed by atoms with Crippen molar-refractivity contribution in [3.8, 4) is 0 Å². The number of nitrogens with zero attached hydrogens (tertiary/aromatic N) is 6. The number of hydrogen-bond acceptors (Lipinski definition) is 9. The van der Waals surface area contributed by atoms with E-state index in [-0.39, 0.29) is 54.6 Å². The molecule has 0 aromatic carbocycles. The summed E-state index contributed by atoms with van der Waals surface area (Å²) in [6.45, 7) is 1.81. The molecule has 3 aromatic heterocycles. The fourth-order valence-electron chi connectivity index (χ4n) is 2.60. The van der Waals surface area contributed by atoms with Gasteiger partial charge in [0.05, 0.1) is 0 Å². The second-order valence-corrected chi connectivity index (χ2v) is 13.7. The maximum atomic E-state index is 5.79. The van der Waals surface area contributed by atoms with Gasteiger partial charge in [0, 0.05) is 19.3 Å². The Kier molecular flexibility index (Phi) is 7.98. The number of aromatic nitrogens is 6. The molecule has 3 aromatic rings. The first-order valence-electron chi connectivity index (χ1n) is 8.24. The molecule has 3 heterocycles. The van der Waals surface area contributed by atoms with Gasteiger partial charge in [-0.3, -0.25) is 0 Å². The largest absolute Gasteiger partial charge is 0.421 e. The molecule has 0 bridgehead atoms. The fourth-order valence-corrected chi connectivity index (χ4v) is 3.29. The number of hydrogen-bond donors (Lipinski definition) is 0. The van der Waals surface area contributed by atoms with Gasteiger partial charge in [0.1, 0.15) is 0 Å². The van der Waals surface area contributed by atoms with Gasteiger partial charge in [0.2, 0.25) is 17.7 Å². The van der Waals surface area contributed by atoms with Crippen LogP contribution in [0, 0.1) is 5.41 Å². The van der Waals surface area contributed by atoms with Crippen molar-refractivity contribution in [2.45, 2.75) is 37.6 Å². The van der Waals surface area contributed by atoms with Crippen molar-refractivity contribution < 1.29 is 13.3 Å². The standard InChI is InChI=1S/C14H9Cl9N6O3/c1-11(2-5-24-27-8(30-5)12(15,16)17,3-6-25-28-9(31-6)13(18,19)20)4-7-26-29-10(32-7)14(21,22)23/h2-4H2,1H3. The predicted molar refractivity (Wildman–Crippen MR) is 120 cm³/mol. The fraction of sp³-hybridized carbons (Fsp3) is 0.571. The normalized spacial score (nSPS) is 13.7. The summed E-state index contributed by atoms with van der Waals surface area (Å²) in [4.78, 5) is 0. The Morgan fingerprint density at radius 2 is 0.750 bits per heavy atom. The molecular formula is C14H9Cl9N6O3. The lowest BCUT2D eigenvalue weighted by molar-refractivity contribution is 0.236. The third-order valence-corrected chi connectivity index (χ3v) is 5.32. The molecule has 0 N–H and O–H groups in total. The van der Waals surface area contributed by atoms with Gasteiger partial charge in [-0.2, -0.15) is 0 Å². The Morgan fingerprint density at radius 3 is 0.938 bits per heavy atom. The Morgan fingerprint density at radius 1 is 0.500 bits per heavy atom. The second kappa shape index (κ2) is 9.59. The van der Waals surface area contributed by atoms with Gasteiger partial charge in [-0.15, -0.1) is 30.6 Å². The van der Waals surface area contributed by atoms with Gasteiger partial charge < -0.3 is 13.3 Å². The molecule has 3 rings (SSSR count). The lowest BCUT2D eigenvalue weighted by atomic mass is 9.80. The SMILES string of the molecule is CC(Cc1nnc(C(Cl)(Cl)Cl)o1)(Cc1nnc(C(Cl)(Cl)Cl)o1)Cc1nnc(C(Cl)(Cl)Cl)o1.